The molecule has 3 atom stereocenters. The Morgan fingerprint density at radius 3 is 2.76 bits per heavy atom. The first-order chi connectivity index (χ1) is 10.3. The van der Waals surface area contributed by atoms with E-state index in [2.05, 4.69) is 24.4 Å². The van der Waals surface area contributed by atoms with Gasteiger partial charge in [-0.3, -0.25) is 0 Å². The van der Waals surface area contributed by atoms with Gasteiger partial charge >= 0.3 is 0 Å². The van der Waals surface area contributed by atoms with Crippen molar-refractivity contribution < 1.29 is 4.74 Å². The van der Waals surface area contributed by atoms with Gasteiger partial charge in [-0.15, -0.1) is 0 Å². The van der Waals surface area contributed by atoms with Crippen LogP contribution in [0.1, 0.15) is 49.8 Å². The first-order valence-electron chi connectivity index (χ1n) is 8.48. The second kappa shape index (κ2) is 5.48. The summed E-state index contributed by atoms with van der Waals surface area (Å²) in [6.45, 7) is 4.01. The highest BCUT2D eigenvalue weighted by atomic mass is 35.5. The van der Waals surface area contributed by atoms with Crippen molar-refractivity contribution >= 4 is 11.6 Å². The zero-order valence-corrected chi connectivity index (χ0v) is 13.5. The van der Waals surface area contributed by atoms with Gasteiger partial charge in [0.2, 0.25) is 0 Å². The summed E-state index contributed by atoms with van der Waals surface area (Å²) >= 11 is 6.37. The van der Waals surface area contributed by atoms with E-state index in [1.54, 1.807) is 0 Å². The summed E-state index contributed by atoms with van der Waals surface area (Å²) in [7, 11) is 0. The summed E-state index contributed by atoms with van der Waals surface area (Å²) in [4.78, 5) is 0. The highest BCUT2D eigenvalue weighted by Gasteiger charge is 2.54. The van der Waals surface area contributed by atoms with Crippen molar-refractivity contribution in [3.05, 3.63) is 28.3 Å². The van der Waals surface area contributed by atoms with E-state index < -0.39 is 0 Å². The predicted octanol–water partition coefficient (Wildman–Crippen LogP) is 4.36. The minimum absolute atomic E-state index is 0.425. The molecule has 4 rings (SSSR count). The number of rotatable bonds is 4. The molecule has 2 aliphatic carbocycles. The highest BCUT2D eigenvalue weighted by molar-refractivity contribution is 6.30. The number of halogens is 1. The van der Waals surface area contributed by atoms with Crippen LogP contribution in [-0.4, -0.2) is 13.2 Å². The fourth-order valence-electron chi connectivity index (χ4n) is 4.74. The van der Waals surface area contributed by atoms with Crippen molar-refractivity contribution in [1.82, 2.24) is 5.32 Å². The van der Waals surface area contributed by atoms with E-state index in [-0.39, 0.29) is 0 Å². The van der Waals surface area contributed by atoms with Gasteiger partial charge in [0.15, 0.2) is 0 Å². The summed E-state index contributed by atoms with van der Waals surface area (Å²) in [6, 6.07) is 4.65. The minimum atomic E-state index is 0.425. The van der Waals surface area contributed by atoms with E-state index in [1.807, 2.05) is 0 Å². The normalized spacial score (nSPS) is 31.2. The first-order valence-corrected chi connectivity index (χ1v) is 8.86. The predicted molar refractivity (Wildman–Crippen MR) is 86.0 cm³/mol. The van der Waals surface area contributed by atoms with Gasteiger partial charge < -0.3 is 10.1 Å². The van der Waals surface area contributed by atoms with Crippen LogP contribution in [0.25, 0.3) is 0 Å². The quantitative estimate of drug-likeness (QED) is 0.892. The molecule has 0 saturated heterocycles. The number of hydrogen-bond donors (Lipinski definition) is 1. The maximum absolute atomic E-state index is 6.37. The number of ether oxygens (including phenoxy) is 1. The number of nitrogens with one attached hydrogen (secondary N) is 1. The number of fused-ring (bicyclic) bond motifs is 2. The van der Waals surface area contributed by atoms with E-state index in [9.17, 15) is 0 Å². The Labute approximate surface area is 132 Å². The van der Waals surface area contributed by atoms with Gasteiger partial charge in [-0.05, 0) is 54.8 Å². The lowest BCUT2D eigenvalue weighted by molar-refractivity contribution is 0.343. The van der Waals surface area contributed by atoms with Crippen LogP contribution in [0.5, 0.6) is 5.75 Å². The van der Waals surface area contributed by atoms with Crippen molar-refractivity contribution in [2.75, 3.05) is 13.2 Å². The third-order valence-electron chi connectivity index (χ3n) is 5.64. The molecule has 114 valence electrons. The minimum Gasteiger partial charge on any atom is -0.493 e. The van der Waals surface area contributed by atoms with Crippen molar-refractivity contribution in [3.63, 3.8) is 0 Å². The molecule has 0 spiro atoms. The maximum Gasteiger partial charge on any atom is 0.127 e. The monoisotopic (exact) mass is 305 g/mol. The van der Waals surface area contributed by atoms with Gasteiger partial charge in [0.1, 0.15) is 5.75 Å². The largest absolute Gasteiger partial charge is 0.493 e. The molecule has 3 heteroatoms. The standard InChI is InChI=1S/C18H24ClNO/c1-2-20-17(16-13-5-3-4-6-14(13)16)15-10-12(19)9-11-7-8-21-18(11)15/h9-10,13-14,16-17,20H,2-8H2,1H3. The lowest BCUT2D eigenvalue weighted by Gasteiger charge is -2.22. The summed E-state index contributed by atoms with van der Waals surface area (Å²) < 4.78 is 5.94. The van der Waals surface area contributed by atoms with Gasteiger partial charge in [-0.2, -0.15) is 0 Å². The number of hydrogen-bond acceptors (Lipinski definition) is 2. The first kappa shape index (κ1) is 13.9. The van der Waals surface area contributed by atoms with E-state index in [1.165, 1.54) is 36.8 Å². The Balaban J connectivity index is 1.68. The summed E-state index contributed by atoms with van der Waals surface area (Å²) in [5, 5.41) is 4.60. The molecule has 1 aromatic carbocycles. The fraction of sp³-hybridized carbons (Fsp3) is 0.667. The molecule has 1 heterocycles. The summed E-state index contributed by atoms with van der Waals surface area (Å²) in [5.74, 6) is 3.77. The molecule has 0 aromatic heterocycles. The van der Waals surface area contributed by atoms with Crippen LogP contribution < -0.4 is 10.1 Å². The molecule has 2 fully saturated rings. The Hall–Kier alpha value is -0.730. The second-order valence-electron chi connectivity index (χ2n) is 6.81. The second-order valence-corrected chi connectivity index (χ2v) is 7.24. The summed E-state index contributed by atoms with van der Waals surface area (Å²) in [6.07, 6.45) is 6.67. The maximum atomic E-state index is 6.37. The SMILES string of the molecule is CCNC(c1cc(Cl)cc2c1OCC2)C1C2CCCCC21. The van der Waals surface area contributed by atoms with Crippen LogP contribution in [0.15, 0.2) is 12.1 Å². The van der Waals surface area contributed by atoms with Crippen LogP contribution >= 0.6 is 11.6 Å². The number of benzene rings is 1. The lowest BCUT2D eigenvalue weighted by Crippen LogP contribution is -2.24. The van der Waals surface area contributed by atoms with Gasteiger partial charge in [0.25, 0.3) is 0 Å². The van der Waals surface area contributed by atoms with Gasteiger partial charge in [0, 0.05) is 23.0 Å². The molecule has 1 aromatic rings. The van der Waals surface area contributed by atoms with Crippen LogP contribution in [0, 0.1) is 17.8 Å². The highest BCUT2D eigenvalue weighted by Crippen LogP contribution is 2.61. The Kier molecular flexibility index (Phi) is 3.63. The van der Waals surface area contributed by atoms with Crippen molar-refractivity contribution in [2.45, 2.75) is 45.1 Å². The van der Waals surface area contributed by atoms with E-state index >= 15 is 0 Å². The van der Waals surface area contributed by atoms with Gasteiger partial charge in [0.05, 0.1) is 6.61 Å². The molecule has 3 unspecified atom stereocenters. The smallest absolute Gasteiger partial charge is 0.127 e. The van der Waals surface area contributed by atoms with Crippen molar-refractivity contribution in [2.24, 2.45) is 17.8 Å². The van der Waals surface area contributed by atoms with Crippen LogP contribution in [-0.2, 0) is 6.42 Å². The molecule has 2 nitrogen and oxygen atoms in total. The van der Waals surface area contributed by atoms with Crippen LogP contribution in [0.4, 0.5) is 0 Å². The van der Waals surface area contributed by atoms with E-state index in [4.69, 9.17) is 16.3 Å². The molecule has 2 saturated carbocycles. The summed E-state index contributed by atoms with van der Waals surface area (Å²) in [5.41, 5.74) is 2.61. The average Bonchev–Trinajstić information content (AvgIpc) is 3.01. The molecule has 3 aliphatic rings. The van der Waals surface area contributed by atoms with E-state index in [0.717, 1.165) is 48.1 Å². The lowest BCUT2D eigenvalue weighted by atomic mass is 9.96. The van der Waals surface area contributed by atoms with Crippen molar-refractivity contribution in [3.8, 4) is 5.75 Å². The van der Waals surface area contributed by atoms with Crippen LogP contribution in [0.2, 0.25) is 5.02 Å². The molecule has 21 heavy (non-hydrogen) atoms. The molecular formula is C18H24ClNO. The third-order valence-corrected chi connectivity index (χ3v) is 5.86. The zero-order chi connectivity index (χ0) is 14.4. The van der Waals surface area contributed by atoms with Crippen molar-refractivity contribution in [1.29, 1.82) is 0 Å². The fourth-order valence-corrected chi connectivity index (χ4v) is 4.99. The molecule has 0 bridgehead atoms. The molecular weight excluding hydrogens is 282 g/mol. The van der Waals surface area contributed by atoms with Crippen LogP contribution in [0.3, 0.4) is 0 Å². The Bertz CT molecular complexity index is 532. The average molecular weight is 306 g/mol. The zero-order valence-electron chi connectivity index (χ0n) is 12.7. The third kappa shape index (κ3) is 2.37. The molecule has 1 N–H and O–H groups in total. The molecule has 1 aliphatic heterocycles. The topological polar surface area (TPSA) is 21.3 Å². The Morgan fingerprint density at radius 2 is 2.05 bits per heavy atom. The molecule has 0 amide bonds. The van der Waals surface area contributed by atoms with Gasteiger partial charge in [-0.1, -0.05) is 31.4 Å². The Morgan fingerprint density at radius 1 is 1.29 bits per heavy atom. The molecule has 0 radical (unpaired) electrons. The van der Waals surface area contributed by atoms with E-state index in [0.29, 0.717) is 6.04 Å². The van der Waals surface area contributed by atoms with Gasteiger partial charge in [-0.25, -0.2) is 0 Å².